The number of allylic oxidation sites excluding steroid dienone is 1. The van der Waals surface area contributed by atoms with Crippen molar-refractivity contribution in [2.24, 2.45) is 44.8 Å². The van der Waals surface area contributed by atoms with E-state index >= 15 is 0 Å². The van der Waals surface area contributed by atoms with Gasteiger partial charge in [-0.05, 0) is 87.9 Å². The molecule has 0 spiro atoms. The minimum Gasteiger partial charge on any atom is -0.469 e. The number of esters is 2. The van der Waals surface area contributed by atoms with E-state index in [9.17, 15) is 14.7 Å². The molecule has 5 nitrogen and oxygen atoms in total. The molecule has 1 heterocycles. The fraction of sp³-hybridized carbons (Fsp3) is 0.862. The van der Waals surface area contributed by atoms with Crippen LogP contribution in [-0.2, 0) is 19.1 Å². The van der Waals surface area contributed by atoms with Gasteiger partial charge in [0.05, 0.1) is 24.0 Å². The lowest BCUT2D eigenvalue weighted by molar-refractivity contribution is -0.188. The third-order valence-electron chi connectivity index (χ3n) is 11.9. The molecule has 1 aliphatic heterocycles. The van der Waals surface area contributed by atoms with Gasteiger partial charge in [0, 0.05) is 11.8 Å². The van der Waals surface area contributed by atoms with Crippen LogP contribution in [0, 0.1) is 44.8 Å². The first-order valence-electron chi connectivity index (χ1n) is 13.3. The molecule has 0 aromatic carbocycles. The van der Waals surface area contributed by atoms with E-state index in [0.717, 1.165) is 44.9 Å². The molecule has 190 valence electrons. The van der Waals surface area contributed by atoms with E-state index in [1.54, 1.807) is 0 Å². The molecule has 0 aromatic heterocycles. The van der Waals surface area contributed by atoms with Crippen LogP contribution < -0.4 is 0 Å². The summed E-state index contributed by atoms with van der Waals surface area (Å²) in [5, 5.41) is 11.8. The molecule has 4 aliphatic carbocycles. The van der Waals surface area contributed by atoms with Crippen molar-refractivity contribution in [2.45, 2.75) is 105 Å². The average molecular weight is 473 g/mol. The summed E-state index contributed by atoms with van der Waals surface area (Å²) in [6, 6.07) is 0. The second kappa shape index (κ2) is 6.89. The van der Waals surface area contributed by atoms with Crippen molar-refractivity contribution in [3.05, 3.63) is 11.6 Å². The number of carbonyl (C=O) groups is 2. The van der Waals surface area contributed by atoms with Crippen LogP contribution in [0.3, 0.4) is 0 Å². The van der Waals surface area contributed by atoms with Crippen LogP contribution in [0.1, 0.15) is 93.4 Å². The Morgan fingerprint density at radius 2 is 1.68 bits per heavy atom. The van der Waals surface area contributed by atoms with Crippen molar-refractivity contribution in [3.63, 3.8) is 0 Å². The summed E-state index contributed by atoms with van der Waals surface area (Å²) in [4.78, 5) is 26.7. The van der Waals surface area contributed by atoms with Crippen molar-refractivity contribution >= 4 is 11.9 Å². The summed E-state index contributed by atoms with van der Waals surface area (Å²) in [6.07, 6.45) is 7.65. The molecule has 8 atom stereocenters. The molecule has 5 heteroatoms. The highest BCUT2D eigenvalue weighted by Crippen LogP contribution is 2.75. The first-order chi connectivity index (χ1) is 15.6. The third kappa shape index (κ3) is 2.71. The Balaban J connectivity index is 1.67. The van der Waals surface area contributed by atoms with Gasteiger partial charge in [0.1, 0.15) is 5.60 Å². The van der Waals surface area contributed by atoms with E-state index in [1.165, 1.54) is 12.7 Å². The summed E-state index contributed by atoms with van der Waals surface area (Å²) in [5.74, 6) is -0.299. The van der Waals surface area contributed by atoms with Gasteiger partial charge in [0.2, 0.25) is 0 Å². The smallest absolute Gasteiger partial charge is 0.313 e. The lowest BCUT2D eigenvalue weighted by Crippen LogP contribution is -2.66. The van der Waals surface area contributed by atoms with Gasteiger partial charge in [-0.15, -0.1) is 0 Å². The molecule has 3 saturated carbocycles. The lowest BCUT2D eigenvalue weighted by Gasteiger charge is -2.68. The first kappa shape index (κ1) is 24.3. The summed E-state index contributed by atoms with van der Waals surface area (Å²) >= 11 is 0. The monoisotopic (exact) mass is 472 g/mol. The Kier molecular flexibility index (Phi) is 4.94. The van der Waals surface area contributed by atoms with Crippen molar-refractivity contribution in [1.29, 1.82) is 0 Å². The van der Waals surface area contributed by atoms with Crippen molar-refractivity contribution in [2.75, 3.05) is 7.11 Å². The normalized spacial score (nSPS) is 50.6. The van der Waals surface area contributed by atoms with Crippen LogP contribution in [0.4, 0.5) is 0 Å². The number of cyclic esters (lactones) is 1. The van der Waals surface area contributed by atoms with Crippen LogP contribution in [0.15, 0.2) is 11.6 Å². The Morgan fingerprint density at radius 1 is 1.03 bits per heavy atom. The van der Waals surface area contributed by atoms with Gasteiger partial charge in [-0.3, -0.25) is 9.59 Å². The molecule has 4 fully saturated rings. The van der Waals surface area contributed by atoms with Crippen LogP contribution in [0.5, 0.6) is 0 Å². The van der Waals surface area contributed by atoms with Gasteiger partial charge in [0.25, 0.3) is 0 Å². The molecule has 1 N–H and O–H groups in total. The average Bonchev–Trinajstić information content (AvgIpc) is 2.92. The maximum Gasteiger partial charge on any atom is 0.313 e. The van der Waals surface area contributed by atoms with E-state index in [4.69, 9.17) is 9.47 Å². The predicted octanol–water partition coefficient (Wildman–Crippen LogP) is 5.45. The van der Waals surface area contributed by atoms with E-state index < -0.39 is 22.5 Å². The molecule has 0 aromatic rings. The minimum absolute atomic E-state index is 0.0624. The topological polar surface area (TPSA) is 72.8 Å². The number of aliphatic hydroxyl groups is 1. The quantitative estimate of drug-likeness (QED) is 0.406. The van der Waals surface area contributed by atoms with Gasteiger partial charge in [-0.1, -0.05) is 39.3 Å². The lowest BCUT2D eigenvalue weighted by atomic mass is 9.35. The molecule has 0 amide bonds. The van der Waals surface area contributed by atoms with E-state index in [-0.39, 0.29) is 45.9 Å². The maximum absolute atomic E-state index is 13.4. The van der Waals surface area contributed by atoms with Gasteiger partial charge >= 0.3 is 11.9 Å². The molecule has 0 unspecified atom stereocenters. The number of ether oxygens (including phenoxy) is 2. The summed E-state index contributed by atoms with van der Waals surface area (Å²) in [7, 11) is 1.51. The first-order valence-corrected chi connectivity index (χ1v) is 13.3. The van der Waals surface area contributed by atoms with Gasteiger partial charge in [-0.25, -0.2) is 0 Å². The zero-order valence-corrected chi connectivity index (χ0v) is 22.4. The van der Waals surface area contributed by atoms with Crippen LogP contribution in [0.25, 0.3) is 0 Å². The van der Waals surface area contributed by atoms with Crippen LogP contribution >= 0.6 is 0 Å². The van der Waals surface area contributed by atoms with Crippen molar-refractivity contribution < 1.29 is 24.2 Å². The van der Waals surface area contributed by atoms with Crippen molar-refractivity contribution in [3.8, 4) is 0 Å². The Labute approximate surface area is 205 Å². The highest BCUT2D eigenvalue weighted by Gasteiger charge is 2.74. The Hall–Kier alpha value is -1.36. The van der Waals surface area contributed by atoms with Crippen LogP contribution in [-0.4, -0.2) is 35.9 Å². The molecule has 1 saturated heterocycles. The van der Waals surface area contributed by atoms with E-state index in [2.05, 4.69) is 33.8 Å². The number of fused-ring (bicyclic) bond motifs is 7. The number of carbonyl (C=O) groups excluding carboxylic acids is 2. The second-order valence-corrected chi connectivity index (χ2v) is 14.3. The molecule has 5 aliphatic rings. The summed E-state index contributed by atoms with van der Waals surface area (Å²) < 4.78 is 11.4. The fourth-order valence-electron chi connectivity index (χ4n) is 9.93. The molecular formula is C29H44O5. The van der Waals surface area contributed by atoms with Gasteiger partial charge in [0.15, 0.2) is 0 Å². The largest absolute Gasteiger partial charge is 0.469 e. The van der Waals surface area contributed by atoms with Gasteiger partial charge < -0.3 is 14.6 Å². The predicted molar refractivity (Wildman–Crippen MR) is 130 cm³/mol. The number of hydrogen-bond acceptors (Lipinski definition) is 5. The molecule has 34 heavy (non-hydrogen) atoms. The van der Waals surface area contributed by atoms with E-state index in [1.807, 2.05) is 20.8 Å². The second-order valence-electron chi connectivity index (χ2n) is 14.3. The summed E-state index contributed by atoms with van der Waals surface area (Å²) in [5.41, 5.74) is -0.809. The number of hydrogen-bond donors (Lipinski definition) is 1. The SMILES string of the molecule is COC(=O)[C@]12CCC(C)(C)C[C@H]1C1=C[C@@H](O)[C@@H]3[C@@]4(C)C(=O)OC(C)(C)[C@@H]4CC[C@@]3(C)[C@]1(C)CC2. The standard InChI is InChI=1S/C29H44O5/c1-24(2)11-13-29(23(32)33-8)14-12-26(5)17(18(29)16-24)15-19(30)21-27(26,6)10-9-20-25(3,4)34-22(31)28(20,21)7/h15,18-21,30H,9-14,16H2,1-8H3/t18-,19+,20-,21-,26+,27+,28-,29-/m0/s1. The Morgan fingerprint density at radius 3 is 2.32 bits per heavy atom. The maximum atomic E-state index is 13.4. The van der Waals surface area contributed by atoms with Gasteiger partial charge in [-0.2, -0.15) is 0 Å². The van der Waals surface area contributed by atoms with E-state index in [0.29, 0.717) is 0 Å². The molecule has 5 rings (SSSR count). The number of methoxy groups -OCH3 is 1. The molecular weight excluding hydrogens is 428 g/mol. The highest BCUT2D eigenvalue weighted by atomic mass is 16.6. The number of aliphatic hydroxyl groups excluding tert-OH is 1. The Bertz CT molecular complexity index is 964. The third-order valence-corrected chi connectivity index (χ3v) is 11.9. The minimum atomic E-state index is -0.735. The van der Waals surface area contributed by atoms with Crippen LogP contribution in [0.2, 0.25) is 0 Å². The molecule has 0 radical (unpaired) electrons. The highest BCUT2D eigenvalue weighted by molar-refractivity contribution is 5.81. The zero-order valence-electron chi connectivity index (χ0n) is 22.4. The summed E-state index contributed by atoms with van der Waals surface area (Å²) in [6.45, 7) is 15.4. The van der Waals surface area contributed by atoms with Crippen molar-refractivity contribution in [1.82, 2.24) is 0 Å². The number of rotatable bonds is 1. The fourth-order valence-corrected chi connectivity index (χ4v) is 9.93. The molecule has 0 bridgehead atoms. The zero-order chi connectivity index (χ0) is 25.1.